The largest absolute Gasteiger partial charge is 0.444 e. The predicted octanol–water partition coefficient (Wildman–Crippen LogP) is 4.41. The van der Waals surface area contributed by atoms with Gasteiger partial charge in [0.2, 0.25) is 0 Å². The average Bonchev–Trinajstić information content (AvgIpc) is 3.17. The van der Waals surface area contributed by atoms with Crippen LogP contribution in [0.3, 0.4) is 0 Å². The molecule has 2 atom stereocenters. The van der Waals surface area contributed by atoms with Crippen LogP contribution in [-0.4, -0.2) is 57.3 Å². The molecule has 1 aromatic carbocycles. The van der Waals surface area contributed by atoms with Gasteiger partial charge in [-0.15, -0.1) is 0 Å². The van der Waals surface area contributed by atoms with E-state index in [0.717, 1.165) is 29.6 Å². The van der Waals surface area contributed by atoms with Gasteiger partial charge in [0.15, 0.2) is 5.78 Å². The van der Waals surface area contributed by atoms with E-state index in [1.807, 2.05) is 62.0 Å². The number of aromatic nitrogens is 2. The summed E-state index contributed by atoms with van der Waals surface area (Å²) in [5.41, 5.74) is 0.419. The van der Waals surface area contributed by atoms with Crippen LogP contribution in [0.5, 0.6) is 0 Å². The Kier molecular flexibility index (Phi) is 5.35. The number of ketones is 1. The highest BCUT2D eigenvalue weighted by Gasteiger charge is 2.39. The van der Waals surface area contributed by atoms with E-state index in [2.05, 4.69) is 17.0 Å². The van der Waals surface area contributed by atoms with E-state index in [9.17, 15) is 9.59 Å². The van der Waals surface area contributed by atoms with Gasteiger partial charge in [0, 0.05) is 30.7 Å². The molecule has 1 aliphatic carbocycles. The quantitative estimate of drug-likeness (QED) is 0.684. The molecule has 2 unspecified atom stereocenters. The van der Waals surface area contributed by atoms with Gasteiger partial charge in [-0.3, -0.25) is 4.79 Å². The smallest absolute Gasteiger partial charge is 0.410 e. The molecule has 7 heteroatoms. The molecule has 1 amide bonds. The number of hydrogen-bond acceptors (Lipinski definition) is 5. The van der Waals surface area contributed by atoms with Crippen molar-refractivity contribution in [2.24, 2.45) is 5.92 Å². The first-order valence-corrected chi connectivity index (χ1v) is 11.6. The Bertz CT molecular complexity index is 1160. The number of rotatable bonds is 2. The molecule has 0 spiro atoms. The fraction of sp³-hybridized carbons (Fsp3) is 0.423. The lowest BCUT2D eigenvalue weighted by atomic mass is 9.87. The number of benzene rings is 1. The van der Waals surface area contributed by atoms with Crippen LogP contribution < -0.4 is 4.90 Å². The molecule has 0 radical (unpaired) electrons. The highest BCUT2D eigenvalue weighted by atomic mass is 16.6. The highest BCUT2D eigenvalue weighted by Crippen LogP contribution is 2.38. The Hall–Kier alpha value is -3.35. The third-order valence-electron chi connectivity index (χ3n) is 6.46. The van der Waals surface area contributed by atoms with E-state index >= 15 is 0 Å². The first-order valence-electron chi connectivity index (χ1n) is 11.6. The van der Waals surface area contributed by atoms with Crippen LogP contribution in [-0.2, 0) is 9.53 Å². The molecule has 0 saturated carbocycles. The zero-order valence-electron chi connectivity index (χ0n) is 19.3. The number of ether oxygens (including phenoxy) is 1. The van der Waals surface area contributed by atoms with E-state index in [0.29, 0.717) is 13.1 Å². The van der Waals surface area contributed by atoms with E-state index in [4.69, 9.17) is 9.84 Å². The Labute approximate surface area is 194 Å². The molecule has 3 aliphatic rings. The van der Waals surface area contributed by atoms with Gasteiger partial charge in [0.1, 0.15) is 11.4 Å². The van der Waals surface area contributed by atoms with Gasteiger partial charge < -0.3 is 14.5 Å². The second kappa shape index (κ2) is 8.21. The lowest BCUT2D eigenvalue weighted by molar-refractivity contribution is -0.117. The molecule has 1 aromatic heterocycles. The van der Waals surface area contributed by atoms with Crippen molar-refractivity contribution >= 4 is 34.8 Å². The first-order chi connectivity index (χ1) is 15.8. The normalized spacial score (nSPS) is 23.3. The summed E-state index contributed by atoms with van der Waals surface area (Å²) in [7, 11) is 0. The standard InChI is InChI=1S/C26H30N4O3/c1-26(2,3)33-25(32)28-15-12-18(13-16-28)30-22(20-9-5-7-11-23(20)31)14-17-29-24(30)19-8-4-6-10-21(19)27-29/h4-11,14,17-18,20,22H,12-13,15-16H2,1-3H3. The van der Waals surface area contributed by atoms with Gasteiger partial charge >= 0.3 is 6.09 Å². The molecule has 1 fully saturated rings. The maximum Gasteiger partial charge on any atom is 0.410 e. The number of nitrogens with zero attached hydrogens (tertiary/aromatic N) is 4. The van der Waals surface area contributed by atoms with Crippen LogP contribution in [0.1, 0.15) is 33.6 Å². The van der Waals surface area contributed by atoms with Gasteiger partial charge in [-0.25, -0.2) is 9.48 Å². The summed E-state index contributed by atoms with van der Waals surface area (Å²) in [5, 5.41) is 5.84. The Morgan fingerprint density at radius 3 is 2.58 bits per heavy atom. The zero-order chi connectivity index (χ0) is 23.2. The average molecular weight is 447 g/mol. The maximum absolute atomic E-state index is 12.8. The van der Waals surface area contributed by atoms with Gasteiger partial charge in [-0.1, -0.05) is 30.4 Å². The minimum Gasteiger partial charge on any atom is -0.444 e. The van der Waals surface area contributed by atoms with Gasteiger partial charge in [-0.05, 0) is 57.9 Å². The Morgan fingerprint density at radius 2 is 1.85 bits per heavy atom. The van der Waals surface area contributed by atoms with Gasteiger partial charge in [0.25, 0.3) is 0 Å². The fourth-order valence-electron chi connectivity index (χ4n) is 4.99. The molecule has 172 valence electrons. The summed E-state index contributed by atoms with van der Waals surface area (Å²) in [6.07, 6.45) is 12.8. The van der Waals surface area contributed by atoms with Crippen molar-refractivity contribution in [1.29, 1.82) is 0 Å². The lowest BCUT2D eigenvalue weighted by Gasteiger charge is -2.45. The summed E-state index contributed by atoms with van der Waals surface area (Å²) < 4.78 is 7.50. The molecule has 7 nitrogen and oxygen atoms in total. The maximum atomic E-state index is 12.8. The number of carbonyl (C=O) groups excluding carboxylic acids is 2. The number of amides is 1. The number of carbonyl (C=O) groups is 2. The summed E-state index contributed by atoms with van der Waals surface area (Å²) in [6.45, 7) is 6.90. The molecule has 0 bridgehead atoms. The Morgan fingerprint density at radius 1 is 1.09 bits per heavy atom. The third kappa shape index (κ3) is 4.08. The number of allylic oxidation sites excluding steroid dienone is 3. The molecule has 3 heterocycles. The topological polar surface area (TPSA) is 67.7 Å². The van der Waals surface area contributed by atoms with Crippen LogP contribution in [0.15, 0.2) is 54.6 Å². The Balaban J connectivity index is 1.46. The summed E-state index contributed by atoms with van der Waals surface area (Å²) in [4.78, 5) is 29.6. The van der Waals surface area contributed by atoms with Crippen LogP contribution >= 0.6 is 0 Å². The number of piperidine rings is 1. The van der Waals surface area contributed by atoms with Crippen molar-refractivity contribution in [3.8, 4) is 0 Å². The SMILES string of the molecule is CC(C)(C)OC(=O)N1CCC(N2c3c4ccccc4nn3C=CC2C2C=CC=CC2=O)CC1. The summed E-state index contributed by atoms with van der Waals surface area (Å²) in [5.74, 6) is 0.878. The van der Waals surface area contributed by atoms with Crippen LogP contribution in [0.25, 0.3) is 17.1 Å². The number of fused-ring (bicyclic) bond motifs is 3. The molecular formula is C26H30N4O3. The van der Waals surface area contributed by atoms with E-state index in [1.165, 1.54) is 0 Å². The number of likely N-dealkylation sites (tertiary alicyclic amines) is 1. The number of hydrogen-bond donors (Lipinski definition) is 0. The van der Waals surface area contributed by atoms with Crippen LogP contribution in [0, 0.1) is 5.92 Å². The fourth-order valence-corrected chi connectivity index (χ4v) is 4.99. The molecule has 0 N–H and O–H groups in total. The second-order valence-corrected chi connectivity index (χ2v) is 9.90. The van der Waals surface area contributed by atoms with E-state index in [1.54, 1.807) is 17.1 Å². The van der Waals surface area contributed by atoms with Crippen LogP contribution in [0.4, 0.5) is 10.6 Å². The molecule has 2 aliphatic heterocycles. The van der Waals surface area contributed by atoms with E-state index in [-0.39, 0.29) is 29.9 Å². The lowest BCUT2D eigenvalue weighted by Crippen LogP contribution is -2.54. The minimum atomic E-state index is -0.511. The molecule has 33 heavy (non-hydrogen) atoms. The van der Waals surface area contributed by atoms with Crippen molar-refractivity contribution in [3.05, 3.63) is 54.6 Å². The highest BCUT2D eigenvalue weighted by molar-refractivity contribution is 5.97. The van der Waals surface area contributed by atoms with Crippen molar-refractivity contribution in [3.63, 3.8) is 0 Å². The van der Waals surface area contributed by atoms with Crippen LogP contribution in [0.2, 0.25) is 0 Å². The zero-order valence-corrected chi connectivity index (χ0v) is 19.3. The molecular weight excluding hydrogens is 416 g/mol. The monoisotopic (exact) mass is 446 g/mol. The third-order valence-corrected chi connectivity index (χ3v) is 6.46. The molecule has 2 aromatic rings. The summed E-state index contributed by atoms with van der Waals surface area (Å²) in [6, 6.07) is 8.18. The van der Waals surface area contributed by atoms with Gasteiger partial charge in [-0.2, -0.15) is 5.10 Å². The van der Waals surface area contributed by atoms with E-state index < -0.39 is 5.60 Å². The minimum absolute atomic E-state index is 0.107. The predicted molar refractivity (Wildman–Crippen MR) is 129 cm³/mol. The second-order valence-electron chi connectivity index (χ2n) is 9.90. The molecule has 1 saturated heterocycles. The molecule has 5 rings (SSSR count). The van der Waals surface area contributed by atoms with Crippen molar-refractivity contribution in [2.45, 2.75) is 51.3 Å². The van der Waals surface area contributed by atoms with Crippen molar-refractivity contribution < 1.29 is 14.3 Å². The van der Waals surface area contributed by atoms with Gasteiger partial charge in [0.05, 0.1) is 17.5 Å². The summed E-state index contributed by atoms with van der Waals surface area (Å²) >= 11 is 0. The first kappa shape index (κ1) is 21.5. The van der Waals surface area contributed by atoms with Crippen molar-refractivity contribution in [1.82, 2.24) is 14.7 Å². The number of anilines is 1. The van der Waals surface area contributed by atoms with Crippen molar-refractivity contribution in [2.75, 3.05) is 18.0 Å².